The lowest BCUT2D eigenvalue weighted by Gasteiger charge is -2.21. The van der Waals surface area contributed by atoms with Gasteiger partial charge in [0, 0.05) is 18.3 Å². The molecule has 0 spiro atoms. The molecule has 1 aromatic carbocycles. The molecule has 0 amide bonds. The van der Waals surface area contributed by atoms with Gasteiger partial charge in [-0.3, -0.25) is 4.72 Å². The number of imidazole rings is 1. The van der Waals surface area contributed by atoms with Gasteiger partial charge in [0.05, 0.1) is 12.0 Å². The van der Waals surface area contributed by atoms with Crippen LogP contribution in [-0.4, -0.2) is 28.5 Å². The van der Waals surface area contributed by atoms with Gasteiger partial charge in [-0.1, -0.05) is 50.1 Å². The third kappa shape index (κ3) is 5.01. The molecule has 0 aliphatic carbocycles. The number of halogens is 3. The first-order valence-corrected chi connectivity index (χ1v) is 8.99. The van der Waals surface area contributed by atoms with E-state index in [1.807, 2.05) is 24.3 Å². The van der Waals surface area contributed by atoms with Crippen LogP contribution in [0.4, 0.5) is 13.2 Å². The summed E-state index contributed by atoms with van der Waals surface area (Å²) >= 11 is 1.17. The third-order valence-corrected chi connectivity index (χ3v) is 4.11. The van der Waals surface area contributed by atoms with Gasteiger partial charge in [-0.05, 0) is 24.2 Å². The Kier molecular flexibility index (Phi) is 6.34. The zero-order valence-electron chi connectivity index (χ0n) is 14.0. The number of benzene rings is 1. The first-order valence-electron chi connectivity index (χ1n) is 7.76. The summed E-state index contributed by atoms with van der Waals surface area (Å²) in [5, 5.41) is 0. The zero-order chi connectivity index (χ0) is 17.7. The summed E-state index contributed by atoms with van der Waals surface area (Å²) in [4.78, 5) is 4.15. The van der Waals surface area contributed by atoms with Gasteiger partial charge >= 0.3 is 6.18 Å². The Labute approximate surface area is 144 Å². The number of nitrogens with one attached hydrogen (secondary N) is 1. The highest BCUT2D eigenvalue weighted by atomic mass is 32.2. The van der Waals surface area contributed by atoms with Gasteiger partial charge in [0.15, 0.2) is 0 Å². The van der Waals surface area contributed by atoms with Crippen molar-refractivity contribution >= 4 is 11.9 Å². The highest BCUT2D eigenvalue weighted by Crippen LogP contribution is 2.31. The van der Waals surface area contributed by atoms with Crippen molar-refractivity contribution in [2.45, 2.75) is 32.5 Å². The lowest BCUT2D eigenvalue weighted by molar-refractivity contribution is -0.165. The Bertz CT molecular complexity index is 635. The van der Waals surface area contributed by atoms with Gasteiger partial charge in [0.25, 0.3) is 0 Å². The molecule has 7 heteroatoms. The van der Waals surface area contributed by atoms with E-state index in [0.717, 1.165) is 16.6 Å². The first-order chi connectivity index (χ1) is 11.3. The minimum absolute atomic E-state index is 0.201. The van der Waals surface area contributed by atoms with Crippen molar-refractivity contribution in [2.24, 2.45) is 5.92 Å². The van der Waals surface area contributed by atoms with Gasteiger partial charge in [-0.25, -0.2) is 4.98 Å². The number of hydrogen-bond donors (Lipinski definition) is 1. The molecule has 0 fully saturated rings. The predicted molar refractivity (Wildman–Crippen MR) is 92.8 cm³/mol. The monoisotopic (exact) mass is 357 g/mol. The molecule has 3 nitrogen and oxygen atoms in total. The number of rotatable bonds is 7. The third-order valence-electron chi connectivity index (χ3n) is 3.65. The van der Waals surface area contributed by atoms with Crippen molar-refractivity contribution in [3.05, 3.63) is 42.4 Å². The molecule has 1 N–H and O–H groups in total. The SMILES string of the molecule is CSNC[C@@H](n1cnc(-c2ccc(CC(C)C)cc2)c1)C(F)(F)F. The Hall–Kier alpha value is -1.47. The maximum absolute atomic E-state index is 13.2. The van der Waals surface area contributed by atoms with Gasteiger partial charge < -0.3 is 4.57 Å². The van der Waals surface area contributed by atoms with E-state index in [1.54, 1.807) is 6.26 Å². The van der Waals surface area contributed by atoms with Crippen LogP contribution in [0.15, 0.2) is 36.8 Å². The van der Waals surface area contributed by atoms with Crippen LogP contribution in [0.1, 0.15) is 25.5 Å². The maximum Gasteiger partial charge on any atom is 0.410 e. The van der Waals surface area contributed by atoms with E-state index in [-0.39, 0.29) is 6.54 Å². The Morgan fingerprint density at radius 1 is 1.21 bits per heavy atom. The number of aromatic nitrogens is 2. The highest BCUT2D eigenvalue weighted by Gasteiger charge is 2.40. The molecule has 0 aliphatic rings. The molecule has 1 aromatic heterocycles. The summed E-state index contributed by atoms with van der Waals surface area (Å²) in [5.74, 6) is 0.562. The van der Waals surface area contributed by atoms with Crippen LogP contribution in [0.25, 0.3) is 11.3 Å². The zero-order valence-corrected chi connectivity index (χ0v) is 14.8. The normalized spacial score (nSPS) is 13.5. The minimum atomic E-state index is -4.33. The second kappa shape index (κ2) is 8.07. The second-order valence-corrected chi connectivity index (χ2v) is 6.81. The standard InChI is InChI=1S/C17H22F3N3S/c1-12(2)8-13-4-6-14(7-5-13)15-10-23(11-21-15)16(9-22-24-3)17(18,19)20/h4-7,10-12,16,22H,8-9H2,1-3H3/t16-/m1/s1. The van der Waals surface area contributed by atoms with Crippen molar-refractivity contribution in [2.75, 3.05) is 12.8 Å². The predicted octanol–water partition coefficient (Wildman–Crippen LogP) is 4.72. The number of hydrogen-bond acceptors (Lipinski definition) is 3. The summed E-state index contributed by atoms with van der Waals surface area (Å²) in [5.41, 5.74) is 2.58. The summed E-state index contributed by atoms with van der Waals surface area (Å²) in [6.45, 7) is 4.10. The summed E-state index contributed by atoms with van der Waals surface area (Å²) in [6, 6.07) is 6.20. The summed E-state index contributed by atoms with van der Waals surface area (Å²) in [6.07, 6.45) is 1.05. The Balaban J connectivity index is 2.19. The Morgan fingerprint density at radius 3 is 2.42 bits per heavy atom. The van der Waals surface area contributed by atoms with Crippen LogP contribution in [0.2, 0.25) is 0 Å². The lowest BCUT2D eigenvalue weighted by Crippen LogP contribution is -2.33. The van der Waals surface area contributed by atoms with Crippen molar-refractivity contribution < 1.29 is 13.2 Å². The largest absolute Gasteiger partial charge is 0.410 e. The van der Waals surface area contributed by atoms with E-state index in [4.69, 9.17) is 0 Å². The van der Waals surface area contributed by atoms with Crippen molar-refractivity contribution in [1.29, 1.82) is 0 Å². The van der Waals surface area contributed by atoms with Gasteiger partial charge in [0.2, 0.25) is 0 Å². The van der Waals surface area contributed by atoms with Crippen LogP contribution in [-0.2, 0) is 6.42 Å². The molecule has 0 saturated heterocycles. The van der Waals surface area contributed by atoms with Crippen molar-refractivity contribution in [1.82, 2.24) is 14.3 Å². The second-order valence-electron chi connectivity index (χ2n) is 6.11. The molecule has 24 heavy (non-hydrogen) atoms. The maximum atomic E-state index is 13.2. The van der Waals surface area contributed by atoms with Crippen molar-refractivity contribution in [3.63, 3.8) is 0 Å². The molecule has 1 atom stereocenters. The molecule has 0 bridgehead atoms. The van der Waals surface area contributed by atoms with Gasteiger partial charge in [0.1, 0.15) is 6.04 Å². The minimum Gasteiger partial charge on any atom is -0.323 e. The van der Waals surface area contributed by atoms with E-state index in [9.17, 15) is 13.2 Å². The molecule has 0 radical (unpaired) electrons. The van der Waals surface area contributed by atoms with E-state index >= 15 is 0 Å². The van der Waals surface area contributed by atoms with Crippen LogP contribution in [0, 0.1) is 5.92 Å². The number of alkyl halides is 3. The topological polar surface area (TPSA) is 29.9 Å². The fraction of sp³-hybridized carbons (Fsp3) is 0.471. The lowest BCUT2D eigenvalue weighted by atomic mass is 10.0. The fourth-order valence-electron chi connectivity index (χ4n) is 2.49. The molecular weight excluding hydrogens is 335 g/mol. The van der Waals surface area contributed by atoms with Crippen molar-refractivity contribution in [3.8, 4) is 11.3 Å². The number of nitrogens with zero attached hydrogens (tertiary/aromatic N) is 2. The fourth-order valence-corrected chi connectivity index (χ4v) is 2.82. The van der Waals surface area contributed by atoms with E-state index in [1.165, 1.54) is 30.0 Å². The molecule has 0 saturated carbocycles. The first kappa shape index (κ1) is 18.9. The average Bonchev–Trinajstić information content (AvgIpc) is 2.96. The van der Waals surface area contributed by atoms with E-state index in [2.05, 4.69) is 23.6 Å². The molecule has 132 valence electrons. The van der Waals surface area contributed by atoms with Gasteiger partial charge in [-0.2, -0.15) is 13.2 Å². The van der Waals surface area contributed by atoms with Crippen LogP contribution in [0.5, 0.6) is 0 Å². The summed E-state index contributed by atoms with van der Waals surface area (Å²) in [7, 11) is 0. The molecular formula is C17H22F3N3S. The van der Waals surface area contributed by atoms with Crippen LogP contribution >= 0.6 is 11.9 Å². The average molecular weight is 357 g/mol. The molecule has 1 heterocycles. The van der Waals surface area contributed by atoms with E-state index in [0.29, 0.717) is 11.6 Å². The Morgan fingerprint density at radius 2 is 1.88 bits per heavy atom. The molecule has 0 unspecified atom stereocenters. The molecule has 0 aliphatic heterocycles. The summed E-state index contributed by atoms with van der Waals surface area (Å²) < 4.78 is 43.5. The van der Waals surface area contributed by atoms with Crippen LogP contribution in [0.3, 0.4) is 0 Å². The molecule has 2 aromatic rings. The van der Waals surface area contributed by atoms with Gasteiger partial charge in [-0.15, -0.1) is 0 Å². The highest BCUT2D eigenvalue weighted by molar-refractivity contribution is 7.96. The smallest absolute Gasteiger partial charge is 0.323 e. The molecule has 2 rings (SSSR count). The van der Waals surface area contributed by atoms with E-state index < -0.39 is 12.2 Å². The van der Waals surface area contributed by atoms with Crippen LogP contribution < -0.4 is 4.72 Å². The quantitative estimate of drug-likeness (QED) is 0.727.